The molecule has 0 saturated heterocycles. The average Bonchev–Trinajstić information content (AvgIpc) is 2.74. The van der Waals surface area contributed by atoms with E-state index in [9.17, 15) is 13.2 Å². The standard InChI is InChI=1S/C22H20BrN3O3S/c1-17-9-5-8-14-21(17)26(30(28,29)19-11-3-2-4-12-19)16-22(27)25-24-15-18-10-6-7-13-20(18)23/h2-15H,16H2,1H3,(H,25,27). The number of hydrogen-bond acceptors (Lipinski definition) is 4. The minimum absolute atomic E-state index is 0.109. The number of halogens is 1. The molecule has 0 aromatic heterocycles. The van der Waals surface area contributed by atoms with Crippen molar-refractivity contribution >= 4 is 43.8 Å². The Hall–Kier alpha value is -2.97. The van der Waals surface area contributed by atoms with E-state index in [0.717, 1.165) is 19.9 Å². The lowest BCUT2D eigenvalue weighted by atomic mass is 10.2. The molecule has 0 unspecified atom stereocenters. The van der Waals surface area contributed by atoms with Crippen LogP contribution in [0.3, 0.4) is 0 Å². The van der Waals surface area contributed by atoms with Crippen molar-refractivity contribution in [1.82, 2.24) is 5.43 Å². The van der Waals surface area contributed by atoms with Crippen LogP contribution in [-0.2, 0) is 14.8 Å². The molecule has 0 spiro atoms. The van der Waals surface area contributed by atoms with E-state index in [1.54, 1.807) is 43.3 Å². The van der Waals surface area contributed by atoms with Crippen LogP contribution < -0.4 is 9.73 Å². The second-order valence-corrected chi connectivity index (χ2v) is 9.14. The first-order valence-corrected chi connectivity index (χ1v) is 11.3. The molecule has 3 aromatic rings. The first-order valence-electron chi connectivity index (χ1n) is 9.09. The number of nitrogens with zero attached hydrogens (tertiary/aromatic N) is 2. The number of benzene rings is 3. The highest BCUT2D eigenvalue weighted by molar-refractivity contribution is 9.10. The smallest absolute Gasteiger partial charge is 0.264 e. The van der Waals surface area contributed by atoms with Gasteiger partial charge in [0.05, 0.1) is 16.8 Å². The molecule has 0 atom stereocenters. The SMILES string of the molecule is Cc1ccccc1N(CC(=O)NN=Cc1ccccc1Br)S(=O)(=O)c1ccccc1. The van der Waals surface area contributed by atoms with E-state index in [0.29, 0.717) is 5.69 Å². The first kappa shape index (κ1) is 21.7. The fourth-order valence-electron chi connectivity index (χ4n) is 2.78. The van der Waals surface area contributed by atoms with Crippen molar-refractivity contribution in [3.05, 3.63) is 94.5 Å². The Bertz CT molecular complexity index is 1170. The van der Waals surface area contributed by atoms with Gasteiger partial charge >= 0.3 is 0 Å². The van der Waals surface area contributed by atoms with Gasteiger partial charge in [0.1, 0.15) is 6.54 Å². The lowest BCUT2D eigenvalue weighted by Crippen LogP contribution is -2.40. The van der Waals surface area contributed by atoms with Crippen molar-refractivity contribution in [2.45, 2.75) is 11.8 Å². The third kappa shape index (κ3) is 5.14. The number of hydrogen-bond donors (Lipinski definition) is 1. The monoisotopic (exact) mass is 485 g/mol. The normalized spacial score (nSPS) is 11.4. The van der Waals surface area contributed by atoms with E-state index < -0.39 is 22.5 Å². The number of aryl methyl sites for hydroxylation is 1. The summed E-state index contributed by atoms with van der Waals surface area (Å²) in [5.41, 5.74) is 4.36. The van der Waals surface area contributed by atoms with Crippen molar-refractivity contribution in [1.29, 1.82) is 0 Å². The molecule has 0 radical (unpaired) electrons. The van der Waals surface area contributed by atoms with Crippen LogP contribution in [0.25, 0.3) is 0 Å². The Balaban J connectivity index is 1.85. The van der Waals surface area contributed by atoms with Crippen LogP contribution in [0.4, 0.5) is 5.69 Å². The van der Waals surface area contributed by atoms with E-state index in [-0.39, 0.29) is 4.90 Å². The zero-order valence-electron chi connectivity index (χ0n) is 16.2. The van der Waals surface area contributed by atoms with E-state index in [4.69, 9.17) is 0 Å². The lowest BCUT2D eigenvalue weighted by molar-refractivity contribution is -0.119. The summed E-state index contributed by atoms with van der Waals surface area (Å²) in [6.45, 7) is 1.39. The maximum Gasteiger partial charge on any atom is 0.264 e. The number of anilines is 1. The zero-order chi connectivity index (χ0) is 21.6. The highest BCUT2D eigenvalue weighted by Gasteiger charge is 2.27. The van der Waals surface area contributed by atoms with Gasteiger partial charge in [-0.25, -0.2) is 13.8 Å². The van der Waals surface area contributed by atoms with Crippen molar-refractivity contribution in [3.8, 4) is 0 Å². The van der Waals surface area contributed by atoms with E-state index in [2.05, 4.69) is 26.5 Å². The summed E-state index contributed by atoms with van der Waals surface area (Å²) in [5, 5.41) is 3.95. The minimum Gasteiger partial charge on any atom is -0.271 e. The number of sulfonamides is 1. The minimum atomic E-state index is -3.94. The molecule has 0 fully saturated rings. The Morgan fingerprint density at radius 2 is 1.63 bits per heavy atom. The molecule has 0 aliphatic carbocycles. The topological polar surface area (TPSA) is 78.8 Å². The first-order chi connectivity index (χ1) is 14.4. The van der Waals surface area contributed by atoms with Crippen molar-refractivity contribution in [2.75, 3.05) is 10.8 Å². The number of amides is 1. The summed E-state index contributed by atoms with van der Waals surface area (Å²) < 4.78 is 28.5. The van der Waals surface area contributed by atoms with Gasteiger partial charge in [-0.15, -0.1) is 0 Å². The van der Waals surface area contributed by atoms with Crippen LogP contribution in [0.15, 0.2) is 93.3 Å². The third-order valence-corrected chi connectivity index (χ3v) is 6.80. The zero-order valence-corrected chi connectivity index (χ0v) is 18.6. The molecule has 0 bridgehead atoms. The average molecular weight is 486 g/mol. The van der Waals surface area contributed by atoms with E-state index >= 15 is 0 Å². The van der Waals surface area contributed by atoms with Crippen molar-refractivity contribution in [2.24, 2.45) is 5.10 Å². The number of nitrogens with one attached hydrogen (secondary N) is 1. The predicted octanol–water partition coefficient (Wildman–Crippen LogP) is 4.10. The van der Waals surface area contributed by atoms with E-state index in [1.165, 1.54) is 18.3 Å². The largest absolute Gasteiger partial charge is 0.271 e. The Morgan fingerprint density at radius 3 is 2.33 bits per heavy atom. The Kier molecular flexibility index (Phi) is 7.02. The van der Waals surface area contributed by atoms with Gasteiger partial charge in [0.2, 0.25) is 0 Å². The molecule has 3 rings (SSSR count). The molecule has 154 valence electrons. The van der Waals surface area contributed by atoms with Gasteiger partial charge in [-0.05, 0) is 36.8 Å². The second kappa shape index (κ2) is 9.69. The molecule has 30 heavy (non-hydrogen) atoms. The molecule has 8 heteroatoms. The van der Waals surface area contributed by atoms with Crippen LogP contribution in [-0.4, -0.2) is 27.1 Å². The predicted molar refractivity (Wildman–Crippen MR) is 122 cm³/mol. The molecule has 0 heterocycles. The second-order valence-electron chi connectivity index (χ2n) is 6.43. The lowest BCUT2D eigenvalue weighted by Gasteiger charge is -2.25. The third-order valence-electron chi connectivity index (χ3n) is 4.30. The van der Waals surface area contributed by atoms with Crippen LogP contribution in [0.1, 0.15) is 11.1 Å². The molecule has 1 N–H and O–H groups in total. The van der Waals surface area contributed by atoms with Crippen molar-refractivity contribution in [3.63, 3.8) is 0 Å². The summed E-state index contributed by atoms with van der Waals surface area (Å²) >= 11 is 3.40. The van der Waals surface area contributed by atoms with Crippen LogP contribution in [0.5, 0.6) is 0 Å². The van der Waals surface area contributed by atoms with Gasteiger partial charge in [0, 0.05) is 10.0 Å². The highest BCUT2D eigenvalue weighted by atomic mass is 79.9. The fourth-order valence-corrected chi connectivity index (χ4v) is 4.68. The van der Waals surface area contributed by atoms with Crippen LogP contribution >= 0.6 is 15.9 Å². The maximum absolute atomic E-state index is 13.3. The van der Waals surface area contributed by atoms with Gasteiger partial charge in [-0.3, -0.25) is 9.10 Å². The number of hydrazone groups is 1. The number of para-hydroxylation sites is 1. The summed E-state index contributed by atoms with van der Waals surface area (Å²) in [6.07, 6.45) is 1.49. The van der Waals surface area contributed by atoms with Crippen LogP contribution in [0.2, 0.25) is 0 Å². The summed E-state index contributed by atoms with van der Waals surface area (Å²) in [4.78, 5) is 12.7. The maximum atomic E-state index is 13.3. The summed E-state index contributed by atoms with van der Waals surface area (Å²) in [6, 6.07) is 22.5. The molecule has 3 aromatic carbocycles. The van der Waals surface area contributed by atoms with Gasteiger partial charge in [0.25, 0.3) is 15.9 Å². The van der Waals surface area contributed by atoms with E-state index in [1.807, 2.05) is 30.3 Å². The molecule has 1 amide bonds. The highest BCUT2D eigenvalue weighted by Crippen LogP contribution is 2.26. The Morgan fingerprint density at radius 1 is 1.00 bits per heavy atom. The Labute approximate surface area is 184 Å². The van der Waals surface area contributed by atoms with Crippen LogP contribution in [0, 0.1) is 6.92 Å². The summed E-state index contributed by atoms with van der Waals surface area (Å²) in [5.74, 6) is -0.555. The number of carbonyl (C=O) groups is 1. The van der Waals surface area contributed by atoms with Gasteiger partial charge in [-0.2, -0.15) is 5.10 Å². The molecule has 0 aliphatic rings. The van der Waals surface area contributed by atoms with Gasteiger partial charge in [0.15, 0.2) is 0 Å². The molecule has 0 aliphatic heterocycles. The molecule has 0 saturated carbocycles. The quantitative estimate of drug-likeness (QED) is 0.404. The summed E-state index contributed by atoms with van der Waals surface area (Å²) in [7, 11) is -3.94. The number of carbonyl (C=O) groups excluding carboxylic acids is 1. The number of rotatable bonds is 7. The fraction of sp³-hybridized carbons (Fsp3) is 0.0909. The van der Waals surface area contributed by atoms with Gasteiger partial charge < -0.3 is 0 Å². The van der Waals surface area contributed by atoms with Crippen molar-refractivity contribution < 1.29 is 13.2 Å². The molecule has 6 nitrogen and oxygen atoms in total. The van der Waals surface area contributed by atoms with Gasteiger partial charge in [-0.1, -0.05) is 70.5 Å². The molecular weight excluding hydrogens is 466 g/mol. The molecular formula is C22H20BrN3O3S.